The molecule has 0 saturated carbocycles. The van der Waals surface area contributed by atoms with Gasteiger partial charge in [-0.05, 0) is 32.8 Å². The predicted molar refractivity (Wildman–Crippen MR) is 98.2 cm³/mol. The predicted octanol–water partition coefficient (Wildman–Crippen LogP) is 4.41. The number of hydrogen-bond acceptors (Lipinski definition) is 3. The summed E-state index contributed by atoms with van der Waals surface area (Å²) in [7, 11) is 0. The van der Waals surface area contributed by atoms with Crippen molar-refractivity contribution in [3.8, 4) is 0 Å². The Bertz CT molecular complexity index is 481. The SMILES string of the molecule is CCCCCCC(CO)(CNC(=O)OC(C)(C)C)c1ccccc1. The second-order valence-corrected chi connectivity index (χ2v) is 7.47. The molecule has 1 atom stereocenters. The molecule has 0 saturated heterocycles. The van der Waals surface area contributed by atoms with Gasteiger partial charge in [0.15, 0.2) is 0 Å². The quantitative estimate of drug-likeness (QED) is 0.657. The van der Waals surface area contributed by atoms with Crippen LogP contribution >= 0.6 is 0 Å². The Labute approximate surface area is 146 Å². The summed E-state index contributed by atoms with van der Waals surface area (Å²) in [4.78, 5) is 12.0. The molecule has 0 fully saturated rings. The van der Waals surface area contributed by atoms with Gasteiger partial charge in [0.05, 0.1) is 6.61 Å². The van der Waals surface area contributed by atoms with Crippen molar-refractivity contribution >= 4 is 6.09 Å². The van der Waals surface area contributed by atoms with Crippen molar-refractivity contribution in [3.05, 3.63) is 35.9 Å². The number of ether oxygens (including phenoxy) is 1. The van der Waals surface area contributed by atoms with E-state index in [1.807, 2.05) is 51.1 Å². The molecule has 0 bridgehead atoms. The molecule has 0 radical (unpaired) electrons. The van der Waals surface area contributed by atoms with Crippen LogP contribution in [0.5, 0.6) is 0 Å². The molecule has 4 heteroatoms. The zero-order valence-electron chi connectivity index (χ0n) is 15.6. The van der Waals surface area contributed by atoms with Crippen molar-refractivity contribution in [2.24, 2.45) is 0 Å². The first-order valence-corrected chi connectivity index (χ1v) is 8.96. The van der Waals surface area contributed by atoms with Crippen molar-refractivity contribution in [3.63, 3.8) is 0 Å². The average molecular weight is 335 g/mol. The zero-order valence-corrected chi connectivity index (χ0v) is 15.6. The number of aliphatic hydroxyl groups excluding tert-OH is 1. The van der Waals surface area contributed by atoms with Crippen molar-refractivity contribution in [2.45, 2.75) is 70.8 Å². The number of alkyl carbamates (subject to hydrolysis) is 1. The fourth-order valence-electron chi connectivity index (χ4n) is 2.80. The van der Waals surface area contributed by atoms with E-state index in [0.29, 0.717) is 6.54 Å². The molecule has 24 heavy (non-hydrogen) atoms. The van der Waals surface area contributed by atoms with Gasteiger partial charge >= 0.3 is 6.09 Å². The third kappa shape index (κ3) is 6.91. The number of unbranched alkanes of at least 4 members (excludes halogenated alkanes) is 3. The molecule has 4 nitrogen and oxygen atoms in total. The van der Waals surface area contributed by atoms with Gasteiger partial charge in [-0.15, -0.1) is 0 Å². The summed E-state index contributed by atoms with van der Waals surface area (Å²) in [6.07, 6.45) is 4.92. The van der Waals surface area contributed by atoms with Gasteiger partial charge in [0, 0.05) is 12.0 Å². The lowest BCUT2D eigenvalue weighted by atomic mass is 9.76. The molecule has 136 valence electrons. The number of rotatable bonds is 9. The van der Waals surface area contributed by atoms with Crippen molar-refractivity contribution in [1.82, 2.24) is 5.32 Å². The molecule has 0 spiro atoms. The van der Waals surface area contributed by atoms with Crippen molar-refractivity contribution in [1.29, 1.82) is 0 Å². The summed E-state index contributed by atoms with van der Waals surface area (Å²) in [5, 5.41) is 13.0. The number of benzene rings is 1. The van der Waals surface area contributed by atoms with Crippen LogP contribution in [-0.4, -0.2) is 30.0 Å². The zero-order chi connectivity index (χ0) is 18.1. The number of amides is 1. The van der Waals surface area contributed by atoms with Gasteiger partial charge in [0.25, 0.3) is 0 Å². The van der Waals surface area contributed by atoms with Crippen LogP contribution in [0.2, 0.25) is 0 Å². The van der Waals surface area contributed by atoms with E-state index in [2.05, 4.69) is 12.2 Å². The topological polar surface area (TPSA) is 58.6 Å². The lowest BCUT2D eigenvalue weighted by Gasteiger charge is -2.33. The molecule has 0 aliphatic rings. The highest BCUT2D eigenvalue weighted by molar-refractivity contribution is 5.67. The van der Waals surface area contributed by atoms with Gasteiger partial charge < -0.3 is 15.2 Å². The maximum Gasteiger partial charge on any atom is 0.407 e. The molecule has 2 N–H and O–H groups in total. The molecule has 0 heterocycles. The minimum atomic E-state index is -0.528. The van der Waals surface area contributed by atoms with E-state index in [0.717, 1.165) is 24.8 Å². The highest BCUT2D eigenvalue weighted by Crippen LogP contribution is 2.30. The molecule has 1 aromatic rings. The number of carbonyl (C=O) groups is 1. The molecule has 0 aliphatic carbocycles. The second-order valence-electron chi connectivity index (χ2n) is 7.47. The van der Waals surface area contributed by atoms with Crippen LogP contribution < -0.4 is 5.32 Å². The number of nitrogens with one attached hydrogen (secondary N) is 1. The number of carbonyl (C=O) groups excluding carboxylic acids is 1. The highest BCUT2D eigenvalue weighted by atomic mass is 16.6. The standard InChI is InChI=1S/C20H33NO3/c1-5-6-7-11-14-20(16-22,17-12-9-8-10-13-17)15-21-18(23)24-19(2,3)4/h8-10,12-13,22H,5-7,11,14-16H2,1-4H3,(H,21,23). The van der Waals surface area contributed by atoms with Gasteiger partial charge in [-0.1, -0.05) is 62.9 Å². The molecule has 1 aromatic carbocycles. The van der Waals surface area contributed by atoms with Crippen LogP contribution in [0.3, 0.4) is 0 Å². The van der Waals surface area contributed by atoms with E-state index in [9.17, 15) is 9.90 Å². The van der Waals surface area contributed by atoms with Crippen LogP contribution in [0, 0.1) is 0 Å². The second kappa shape index (κ2) is 9.67. The van der Waals surface area contributed by atoms with Gasteiger partial charge in [-0.25, -0.2) is 4.79 Å². The van der Waals surface area contributed by atoms with E-state index in [1.165, 1.54) is 12.8 Å². The summed E-state index contributed by atoms with van der Waals surface area (Å²) >= 11 is 0. The fraction of sp³-hybridized carbons (Fsp3) is 0.650. The van der Waals surface area contributed by atoms with E-state index in [-0.39, 0.29) is 6.61 Å². The summed E-state index contributed by atoms with van der Waals surface area (Å²) in [5.74, 6) is 0. The molecule has 0 aromatic heterocycles. The Balaban J connectivity index is 2.81. The summed E-state index contributed by atoms with van der Waals surface area (Å²) in [5.41, 5.74) is 0.0613. The largest absolute Gasteiger partial charge is 0.444 e. The maximum atomic E-state index is 12.0. The van der Waals surface area contributed by atoms with Crippen LogP contribution in [0.15, 0.2) is 30.3 Å². The lowest BCUT2D eigenvalue weighted by Crippen LogP contribution is -2.45. The first-order chi connectivity index (χ1) is 11.3. The maximum absolute atomic E-state index is 12.0. The van der Waals surface area contributed by atoms with E-state index in [4.69, 9.17) is 4.74 Å². The lowest BCUT2D eigenvalue weighted by molar-refractivity contribution is 0.0500. The molecule has 1 unspecified atom stereocenters. The summed E-state index contributed by atoms with van der Waals surface area (Å²) < 4.78 is 5.32. The molecular formula is C20H33NO3. The molecule has 0 aliphatic heterocycles. The minimum absolute atomic E-state index is 0.00106. The van der Waals surface area contributed by atoms with Crippen LogP contribution in [0.25, 0.3) is 0 Å². The van der Waals surface area contributed by atoms with Gasteiger partial charge in [0.2, 0.25) is 0 Å². The van der Waals surface area contributed by atoms with Crippen molar-refractivity contribution < 1.29 is 14.6 Å². The van der Waals surface area contributed by atoms with Crippen LogP contribution in [0.4, 0.5) is 4.79 Å². The number of aliphatic hydroxyl groups is 1. The third-order valence-corrected chi connectivity index (χ3v) is 4.17. The molecule has 1 amide bonds. The first-order valence-electron chi connectivity index (χ1n) is 8.96. The van der Waals surface area contributed by atoms with E-state index < -0.39 is 17.1 Å². The highest BCUT2D eigenvalue weighted by Gasteiger charge is 2.32. The van der Waals surface area contributed by atoms with E-state index in [1.54, 1.807) is 0 Å². The smallest absolute Gasteiger partial charge is 0.407 e. The van der Waals surface area contributed by atoms with Gasteiger partial charge in [-0.3, -0.25) is 0 Å². The fourth-order valence-corrected chi connectivity index (χ4v) is 2.80. The van der Waals surface area contributed by atoms with Crippen LogP contribution in [0.1, 0.15) is 65.4 Å². The summed E-state index contributed by atoms with van der Waals surface area (Å²) in [6, 6.07) is 9.95. The molecule has 1 rings (SSSR count). The monoisotopic (exact) mass is 335 g/mol. The molecular weight excluding hydrogens is 302 g/mol. The van der Waals surface area contributed by atoms with Gasteiger partial charge in [0.1, 0.15) is 5.60 Å². The van der Waals surface area contributed by atoms with E-state index >= 15 is 0 Å². The Hall–Kier alpha value is -1.55. The van der Waals surface area contributed by atoms with Gasteiger partial charge in [-0.2, -0.15) is 0 Å². The Morgan fingerprint density at radius 2 is 1.79 bits per heavy atom. The Morgan fingerprint density at radius 1 is 1.12 bits per heavy atom. The Kier molecular flexibility index (Phi) is 8.26. The normalized spacial score (nSPS) is 14.0. The number of hydrogen-bond donors (Lipinski definition) is 2. The van der Waals surface area contributed by atoms with Crippen LogP contribution in [-0.2, 0) is 10.2 Å². The average Bonchev–Trinajstić information content (AvgIpc) is 2.54. The third-order valence-electron chi connectivity index (χ3n) is 4.17. The summed E-state index contributed by atoms with van der Waals surface area (Å²) in [6.45, 7) is 8.07. The first kappa shape index (κ1) is 20.5. The minimum Gasteiger partial charge on any atom is -0.444 e. The Morgan fingerprint density at radius 3 is 2.33 bits per heavy atom. The van der Waals surface area contributed by atoms with Crippen molar-refractivity contribution in [2.75, 3.05) is 13.2 Å².